The van der Waals surface area contributed by atoms with Gasteiger partial charge in [0.05, 0.1) is 6.54 Å². The van der Waals surface area contributed by atoms with Crippen LogP contribution >= 0.6 is 11.3 Å². The lowest BCUT2D eigenvalue weighted by atomic mass is 10.1. The number of carbonyl (C=O) groups excluding carboxylic acids is 1. The topological polar surface area (TPSA) is 41.1 Å². The third kappa shape index (κ3) is 4.77. The summed E-state index contributed by atoms with van der Waals surface area (Å²) in [5, 5.41) is 10.3. The summed E-state index contributed by atoms with van der Waals surface area (Å²) in [6.45, 7) is 8.36. The van der Waals surface area contributed by atoms with Crippen LogP contribution in [0.1, 0.15) is 39.3 Å². The third-order valence-corrected chi connectivity index (χ3v) is 2.83. The lowest BCUT2D eigenvalue weighted by Gasteiger charge is -2.21. The number of hydrogen-bond donors (Lipinski definition) is 2. The van der Waals surface area contributed by atoms with Crippen LogP contribution in [-0.4, -0.2) is 18.0 Å². The summed E-state index contributed by atoms with van der Waals surface area (Å²) in [7, 11) is 0. The van der Waals surface area contributed by atoms with E-state index in [0.717, 1.165) is 0 Å². The van der Waals surface area contributed by atoms with E-state index >= 15 is 0 Å². The summed E-state index contributed by atoms with van der Waals surface area (Å²) < 4.78 is 0. The maximum absolute atomic E-state index is 11.6. The van der Waals surface area contributed by atoms with E-state index in [-0.39, 0.29) is 17.5 Å². The molecular formula is C12H20N2OS. The van der Waals surface area contributed by atoms with Crippen LogP contribution in [0.3, 0.4) is 0 Å². The molecule has 0 fully saturated rings. The van der Waals surface area contributed by atoms with E-state index in [1.807, 2.05) is 26.2 Å². The van der Waals surface area contributed by atoms with Crippen LogP contribution in [0.15, 0.2) is 16.8 Å². The summed E-state index contributed by atoms with van der Waals surface area (Å²) in [5.41, 5.74) is 1.07. The Labute approximate surface area is 101 Å². The first-order chi connectivity index (χ1) is 7.38. The van der Waals surface area contributed by atoms with Crippen LogP contribution in [-0.2, 0) is 4.79 Å². The summed E-state index contributed by atoms with van der Waals surface area (Å²) in [4.78, 5) is 11.6. The molecule has 0 saturated carbocycles. The lowest BCUT2D eigenvalue weighted by molar-refractivity contribution is -0.121. The standard InChI is InChI=1S/C12H20N2OS/c1-9(10-5-6-16-8-10)13-7-11(15)14-12(2,3)4/h5-6,8-9,13H,7H2,1-4H3,(H,14,15). The molecule has 0 aromatic carbocycles. The molecule has 0 aliphatic heterocycles. The fraction of sp³-hybridized carbons (Fsp3) is 0.583. The number of amides is 1. The van der Waals surface area contributed by atoms with Crippen LogP contribution in [0.4, 0.5) is 0 Å². The normalized spacial score (nSPS) is 13.5. The average Bonchev–Trinajstić information content (AvgIpc) is 2.64. The maximum atomic E-state index is 11.6. The van der Waals surface area contributed by atoms with Gasteiger partial charge in [0.2, 0.25) is 5.91 Å². The summed E-state index contributed by atoms with van der Waals surface area (Å²) in [6.07, 6.45) is 0. The van der Waals surface area contributed by atoms with E-state index in [1.54, 1.807) is 11.3 Å². The summed E-state index contributed by atoms with van der Waals surface area (Å²) in [6, 6.07) is 2.29. The Balaban J connectivity index is 2.32. The van der Waals surface area contributed by atoms with Crippen molar-refractivity contribution in [2.45, 2.75) is 39.3 Å². The largest absolute Gasteiger partial charge is 0.350 e. The molecule has 1 amide bonds. The Kier molecular flexibility index (Phi) is 4.50. The van der Waals surface area contributed by atoms with Gasteiger partial charge in [-0.25, -0.2) is 0 Å². The molecule has 0 saturated heterocycles. The zero-order valence-electron chi connectivity index (χ0n) is 10.3. The van der Waals surface area contributed by atoms with E-state index in [1.165, 1.54) is 5.56 Å². The van der Waals surface area contributed by atoms with Gasteiger partial charge in [-0.2, -0.15) is 11.3 Å². The number of hydrogen-bond acceptors (Lipinski definition) is 3. The highest BCUT2D eigenvalue weighted by molar-refractivity contribution is 7.07. The second kappa shape index (κ2) is 5.46. The van der Waals surface area contributed by atoms with Crippen molar-refractivity contribution in [2.24, 2.45) is 0 Å². The van der Waals surface area contributed by atoms with Gasteiger partial charge >= 0.3 is 0 Å². The molecule has 1 atom stereocenters. The highest BCUT2D eigenvalue weighted by Gasteiger charge is 2.14. The minimum Gasteiger partial charge on any atom is -0.350 e. The van der Waals surface area contributed by atoms with Crippen molar-refractivity contribution < 1.29 is 4.79 Å². The molecule has 4 heteroatoms. The fourth-order valence-electron chi connectivity index (χ4n) is 1.35. The molecule has 0 bridgehead atoms. The molecule has 0 radical (unpaired) electrons. The third-order valence-electron chi connectivity index (χ3n) is 2.13. The van der Waals surface area contributed by atoms with Crippen molar-refractivity contribution in [3.63, 3.8) is 0 Å². The van der Waals surface area contributed by atoms with Crippen molar-refractivity contribution in [1.82, 2.24) is 10.6 Å². The van der Waals surface area contributed by atoms with E-state index in [2.05, 4.69) is 29.0 Å². The second-order valence-corrected chi connectivity index (χ2v) is 5.74. The van der Waals surface area contributed by atoms with Crippen molar-refractivity contribution in [1.29, 1.82) is 0 Å². The Morgan fingerprint density at radius 3 is 2.69 bits per heavy atom. The molecular weight excluding hydrogens is 220 g/mol. The molecule has 1 rings (SSSR count). The van der Waals surface area contributed by atoms with Crippen LogP contribution in [0, 0.1) is 0 Å². The molecule has 0 spiro atoms. The highest BCUT2D eigenvalue weighted by Crippen LogP contribution is 2.14. The van der Waals surface area contributed by atoms with Crippen molar-refractivity contribution in [3.8, 4) is 0 Å². The SMILES string of the molecule is CC(NCC(=O)NC(C)(C)C)c1ccsc1. The number of rotatable bonds is 4. The fourth-order valence-corrected chi connectivity index (χ4v) is 2.10. The first-order valence-electron chi connectivity index (χ1n) is 5.45. The van der Waals surface area contributed by atoms with E-state index in [0.29, 0.717) is 6.54 Å². The Morgan fingerprint density at radius 1 is 1.50 bits per heavy atom. The number of nitrogens with one attached hydrogen (secondary N) is 2. The van der Waals surface area contributed by atoms with Gasteiger partial charge in [0, 0.05) is 11.6 Å². The van der Waals surface area contributed by atoms with Gasteiger partial charge in [0.1, 0.15) is 0 Å². The monoisotopic (exact) mass is 240 g/mol. The van der Waals surface area contributed by atoms with Crippen LogP contribution in [0.5, 0.6) is 0 Å². The molecule has 2 N–H and O–H groups in total. The highest BCUT2D eigenvalue weighted by atomic mass is 32.1. The lowest BCUT2D eigenvalue weighted by Crippen LogP contribution is -2.45. The van der Waals surface area contributed by atoms with E-state index in [4.69, 9.17) is 0 Å². The maximum Gasteiger partial charge on any atom is 0.234 e. The zero-order valence-corrected chi connectivity index (χ0v) is 11.1. The molecule has 3 nitrogen and oxygen atoms in total. The Morgan fingerprint density at radius 2 is 2.19 bits per heavy atom. The molecule has 1 aromatic rings. The minimum absolute atomic E-state index is 0.0366. The molecule has 1 heterocycles. The molecule has 0 aliphatic carbocycles. The second-order valence-electron chi connectivity index (χ2n) is 4.96. The van der Waals surface area contributed by atoms with Crippen LogP contribution in [0.25, 0.3) is 0 Å². The van der Waals surface area contributed by atoms with Gasteiger partial charge in [-0.1, -0.05) is 0 Å². The smallest absolute Gasteiger partial charge is 0.234 e. The molecule has 0 aliphatic rings. The molecule has 16 heavy (non-hydrogen) atoms. The predicted octanol–water partition coefficient (Wildman–Crippen LogP) is 2.31. The van der Waals surface area contributed by atoms with Gasteiger partial charge in [-0.05, 0) is 50.1 Å². The first-order valence-corrected chi connectivity index (χ1v) is 6.39. The molecule has 1 aromatic heterocycles. The average molecular weight is 240 g/mol. The number of carbonyl (C=O) groups is 1. The predicted molar refractivity (Wildman–Crippen MR) is 68.6 cm³/mol. The van der Waals surface area contributed by atoms with Gasteiger partial charge in [-0.15, -0.1) is 0 Å². The van der Waals surface area contributed by atoms with Gasteiger partial charge in [0.25, 0.3) is 0 Å². The van der Waals surface area contributed by atoms with Crippen molar-refractivity contribution in [2.75, 3.05) is 6.54 Å². The number of thiophene rings is 1. The Hall–Kier alpha value is -0.870. The quantitative estimate of drug-likeness (QED) is 0.848. The minimum atomic E-state index is -0.162. The van der Waals surface area contributed by atoms with Gasteiger partial charge in [0.15, 0.2) is 0 Å². The van der Waals surface area contributed by atoms with Gasteiger partial charge < -0.3 is 10.6 Å². The van der Waals surface area contributed by atoms with Crippen molar-refractivity contribution >= 4 is 17.2 Å². The summed E-state index contributed by atoms with van der Waals surface area (Å²) >= 11 is 1.67. The van der Waals surface area contributed by atoms with Crippen molar-refractivity contribution in [3.05, 3.63) is 22.4 Å². The van der Waals surface area contributed by atoms with E-state index in [9.17, 15) is 4.79 Å². The zero-order chi connectivity index (χ0) is 12.2. The Bertz CT molecular complexity index is 327. The molecule has 1 unspecified atom stereocenters. The first kappa shape index (κ1) is 13.2. The van der Waals surface area contributed by atoms with Crippen LogP contribution in [0.2, 0.25) is 0 Å². The summed E-state index contributed by atoms with van der Waals surface area (Å²) in [5.74, 6) is 0.0366. The van der Waals surface area contributed by atoms with E-state index < -0.39 is 0 Å². The van der Waals surface area contributed by atoms with Crippen LogP contribution < -0.4 is 10.6 Å². The molecule has 90 valence electrons. The van der Waals surface area contributed by atoms with Gasteiger partial charge in [-0.3, -0.25) is 4.79 Å².